The number of nitrogens with one attached hydrogen (secondary N) is 1. The Morgan fingerprint density at radius 1 is 1.62 bits per heavy atom. The first-order chi connectivity index (χ1) is 7.35. The molecule has 0 saturated carbocycles. The van der Waals surface area contributed by atoms with E-state index in [0.717, 1.165) is 0 Å². The minimum Gasteiger partial charge on any atom is -0.476 e. The first-order valence-electron chi connectivity index (χ1n) is 4.43. The van der Waals surface area contributed by atoms with Crippen molar-refractivity contribution in [3.05, 3.63) is 16.7 Å². The second-order valence-corrected chi connectivity index (χ2v) is 3.88. The molecule has 0 aliphatic heterocycles. The molecule has 0 radical (unpaired) electrons. The fourth-order valence-electron chi connectivity index (χ4n) is 0.850. The van der Waals surface area contributed by atoms with Gasteiger partial charge in [0.25, 0.3) is 0 Å². The Hall–Kier alpha value is -1.51. The number of imidazole rings is 1. The van der Waals surface area contributed by atoms with Crippen LogP contribution in [-0.4, -0.2) is 33.8 Å². The van der Waals surface area contributed by atoms with Gasteiger partial charge in [-0.25, -0.2) is 9.78 Å². The van der Waals surface area contributed by atoms with Crippen LogP contribution in [-0.2, 0) is 4.74 Å². The largest absolute Gasteiger partial charge is 0.476 e. The van der Waals surface area contributed by atoms with Crippen LogP contribution in [0.25, 0.3) is 0 Å². The number of nitrogens with zero attached hydrogens (tertiary/aromatic N) is 1. The molecule has 1 aromatic rings. The molecule has 0 amide bonds. The van der Waals surface area contributed by atoms with Crippen LogP contribution >= 0.6 is 11.6 Å². The van der Waals surface area contributed by atoms with E-state index >= 15 is 0 Å². The number of carboxylic acid groups (broad SMARTS) is 1. The zero-order valence-electron chi connectivity index (χ0n) is 9.09. The van der Waals surface area contributed by atoms with Gasteiger partial charge in [-0.05, 0) is 31.4 Å². The van der Waals surface area contributed by atoms with Gasteiger partial charge in [0, 0.05) is 7.11 Å². The van der Waals surface area contributed by atoms with Crippen LogP contribution < -0.4 is 0 Å². The lowest BCUT2D eigenvalue weighted by molar-refractivity contribution is 0.0689. The van der Waals surface area contributed by atoms with Crippen molar-refractivity contribution in [1.82, 2.24) is 9.97 Å². The molecule has 1 heterocycles. The normalized spacial score (nSPS) is 10.8. The van der Waals surface area contributed by atoms with Crippen LogP contribution in [0.15, 0.2) is 0 Å². The summed E-state index contributed by atoms with van der Waals surface area (Å²) in [6.45, 7) is 3.52. The monoisotopic (exact) mass is 242 g/mol. The average molecular weight is 243 g/mol. The molecule has 86 valence electrons. The highest BCUT2D eigenvalue weighted by molar-refractivity contribution is 6.28. The summed E-state index contributed by atoms with van der Waals surface area (Å²) < 4.78 is 5.07. The molecule has 6 heteroatoms. The highest BCUT2D eigenvalue weighted by Crippen LogP contribution is 2.11. The predicted molar refractivity (Wildman–Crippen MR) is 58.5 cm³/mol. The molecule has 2 N–H and O–H groups in total. The van der Waals surface area contributed by atoms with Crippen molar-refractivity contribution in [2.24, 2.45) is 0 Å². The molecule has 0 atom stereocenters. The summed E-state index contributed by atoms with van der Waals surface area (Å²) in [7, 11) is 1.52. The second kappa shape index (κ2) is 4.56. The Morgan fingerprint density at radius 3 is 2.75 bits per heavy atom. The van der Waals surface area contributed by atoms with Crippen LogP contribution in [0, 0.1) is 11.8 Å². The Morgan fingerprint density at radius 2 is 2.25 bits per heavy atom. The zero-order valence-corrected chi connectivity index (χ0v) is 9.84. The number of halogens is 1. The summed E-state index contributed by atoms with van der Waals surface area (Å²) in [4.78, 5) is 17.0. The van der Waals surface area contributed by atoms with Gasteiger partial charge in [0.2, 0.25) is 5.28 Å². The third-order valence-electron chi connectivity index (χ3n) is 1.88. The molecule has 0 aliphatic carbocycles. The van der Waals surface area contributed by atoms with Gasteiger partial charge in [-0.2, -0.15) is 0 Å². The van der Waals surface area contributed by atoms with Crippen LogP contribution in [0.2, 0.25) is 5.28 Å². The van der Waals surface area contributed by atoms with Gasteiger partial charge < -0.3 is 14.8 Å². The molecule has 1 rings (SSSR count). The quantitative estimate of drug-likeness (QED) is 0.772. The van der Waals surface area contributed by atoms with E-state index < -0.39 is 11.6 Å². The lowest BCUT2D eigenvalue weighted by atomic mass is 10.1. The van der Waals surface area contributed by atoms with E-state index in [2.05, 4.69) is 21.8 Å². The number of hydrogen-bond donors (Lipinski definition) is 2. The third-order valence-corrected chi connectivity index (χ3v) is 2.06. The minimum atomic E-state index is -1.15. The molecular weight excluding hydrogens is 232 g/mol. The van der Waals surface area contributed by atoms with Gasteiger partial charge in [-0.15, -0.1) is 0 Å². The molecular formula is C10H11ClN2O3. The lowest BCUT2D eigenvalue weighted by Crippen LogP contribution is -2.19. The van der Waals surface area contributed by atoms with E-state index in [1.54, 1.807) is 13.8 Å². The molecule has 0 fully saturated rings. The van der Waals surface area contributed by atoms with E-state index in [9.17, 15) is 4.79 Å². The zero-order chi connectivity index (χ0) is 12.3. The number of aromatic carboxylic acids is 1. The van der Waals surface area contributed by atoms with Crippen molar-refractivity contribution in [2.75, 3.05) is 7.11 Å². The van der Waals surface area contributed by atoms with Crippen LogP contribution in [0.4, 0.5) is 0 Å². The predicted octanol–water partition coefficient (Wildman–Crippen LogP) is 1.54. The number of ether oxygens (including phenoxy) is 1. The van der Waals surface area contributed by atoms with E-state index in [1.165, 1.54) is 7.11 Å². The minimum absolute atomic E-state index is 0.00285. The number of aromatic amines is 1. The molecule has 1 aromatic heterocycles. The first-order valence-corrected chi connectivity index (χ1v) is 4.80. The van der Waals surface area contributed by atoms with E-state index in [1.807, 2.05) is 0 Å². The fraction of sp³-hybridized carbons (Fsp3) is 0.400. The topological polar surface area (TPSA) is 75.2 Å². The van der Waals surface area contributed by atoms with E-state index in [0.29, 0.717) is 0 Å². The molecule has 0 aliphatic rings. The van der Waals surface area contributed by atoms with Crippen molar-refractivity contribution in [3.8, 4) is 11.8 Å². The maximum Gasteiger partial charge on any atom is 0.355 e. The second-order valence-electron chi connectivity index (χ2n) is 3.52. The molecule has 0 saturated heterocycles. The van der Waals surface area contributed by atoms with E-state index in [4.69, 9.17) is 21.4 Å². The third kappa shape index (κ3) is 2.99. The number of methoxy groups -OCH3 is 1. The summed E-state index contributed by atoms with van der Waals surface area (Å²) in [6, 6.07) is 0. The summed E-state index contributed by atoms with van der Waals surface area (Å²) in [5.41, 5.74) is -0.687. The Kier molecular flexibility index (Phi) is 3.58. The van der Waals surface area contributed by atoms with Gasteiger partial charge in [0.05, 0.1) is 0 Å². The average Bonchev–Trinajstić information content (AvgIpc) is 2.57. The number of hydrogen-bond acceptors (Lipinski definition) is 3. The fourth-order valence-corrected chi connectivity index (χ4v) is 1.03. The van der Waals surface area contributed by atoms with Gasteiger partial charge in [-0.1, -0.05) is 5.92 Å². The number of H-pyrrole nitrogens is 1. The number of aromatic nitrogens is 2. The van der Waals surface area contributed by atoms with Crippen molar-refractivity contribution >= 4 is 17.6 Å². The van der Waals surface area contributed by atoms with Gasteiger partial charge in [0.15, 0.2) is 5.69 Å². The summed E-state index contributed by atoms with van der Waals surface area (Å²) in [5, 5.41) is 8.83. The summed E-state index contributed by atoms with van der Waals surface area (Å²) in [6.07, 6.45) is 0. The number of rotatable bonds is 2. The SMILES string of the molecule is COC(C)(C)C#Cc1nc(Cl)[nH]c1C(=O)O. The Balaban J connectivity index is 3.10. The molecule has 0 spiro atoms. The molecule has 5 nitrogen and oxygen atoms in total. The standard InChI is InChI=1S/C10H11ClN2O3/c1-10(2,16-3)5-4-6-7(8(14)15)13-9(11)12-6/h1-3H3,(H,12,13)(H,14,15). The molecule has 0 aromatic carbocycles. The van der Waals surface area contributed by atoms with Gasteiger partial charge in [-0.3, -0.25) is 0 Å². The number of carbonyl (C=O) groups is 1. The van der Waals surface area contributed by atoms with Crippen LogP contribution in [0.1, 0.15) is 30.0 Å². The Labute approximate surface area is 97.8 Å². The van der Waals surface area contributed by atoms with E-state index in [-0.39, 0.29) is 16.7 Å². The Bertz CT molecular complexity index is 468. The smallest absolute Gasteiger partial charge is 0.355 e. The number of carboxylic acids is 1. The lowest BCUT2D eigenvalue weighted by Gasteiger charge is -2.13. The van der Waals surface area contributed by atoms with Crippen molar-refractivity contribution < 1.29 is 14.6 Å². The van der Waals surface area contributed by atoms with Gasteiger partial charge in [0.1, 0.15) is 11.3 Å². The highest BCUT2D eigenvalue weighted by Gasteiger charge is 2.16. The first kappa shape index (κ1) is 12.6. The van der Waals surface area contributed by atoms with Crippen molar-refractivity contribution in [3.63, 3.8) is 0 Å². The maximum absolute atomic E-state index is 10.8. The van der Waals surface area contributed by atoms with Crippen LogP contribution in [0.3, 0.4) is 0 Å². The van der Waals surface area contributed by atoms with Crippen LogP contribution in [0.5, 0.6) is 0 Å². The van der Waals surface area contributed by atoms with Gasteiger partial charge >= 0.3 is 5.97 Å². The van der Waals surface area contributed by atoms with Crippen molar-refractivity contribution in [1.29, 1.82) is 0 Å². The summed E-state index contributed by atoms with van der Waals surface area (Å²) >= 11 is 5.56. The molecule has 0 bridgehead atoms. The highest BCUT2D eigenvalue weighted by atomic mass is 35.5. The molecule has 16 heavy (non-hydrogen) atoms. The maximum atomic E-state index is 10.8. The summed E-state index contributed by atoms with van der Waals surface area (Å²) in [5.74, 6) is 4.23. The van der Waals surface area contributed by atoms with Crippen molar-refractivity contribution in [2.45, 2.75) is 19.4 Å². The molecule has 0 unspecified atom stereocenters.